The molecular formula is C10H18O2. The van der Waals surface area contributed by atoms with Gasteiger partial charge in [0.1, 0.15) is 11.2 Å². The summed E-state index contributed by atoms with van der Waals surface area (Å²) in [5, 5.41) is 0. The van der Waals surface area contributed by atoms with Gasteiger partial charge in [0, 0.05) is 0 Å². The Labute approximate surface area is 74.2 Å². The van der Waals surface area contributed by atoms with Crippen molar-refractivity contribution in [2.45, 2.75) is 57.7 Å². The first-order valence-corrected chi connectivity index (χ1v) is 4.93. The van der Waals surface area contributed by atoms with E-state index in [2.05, 4.69) is 20.8 Å². The molecule has 70 valence electrons. The summed E-state index contributed by atoms with van der Waals surface area (Å²) in [6.45, 7) is 6.59. The highest BCUT2D eigenvalue weighted by atomic mass is 17.2. The SMILES string of the molecule is CC(C)C12CCC(C)(CC1)OO2. The largest absolute Gasteiger partial charge is 0.230 e. The molecule has 0 aromatic heterocycles. The molecule has 1 aliphatic carbocycles. The minimum absolute atomic E-state index is 0.0244. The zero-order chi connectivity index (χ0) is 8.82. The van der Waals surface area contributed by atoms with Gasteiger partial charge in [-0.15, -0.1) is 0 Å². The third kappa shape index (κ3) is 1.09. The standard InChI is InChI=1S/C10H18O2/c1-8(2)10-6-4-9(3,5-7-10)11-12-10/h8H,4-7H2,1-3H3. The summed E-state index contributed by atoms with van der Waals surface area (Å²) in [6.07, 6.45) is 4.65. The van der Waals surface area contributed by atoms with E-state index < -0.39 is 0 Å². The Bertz CT molecular complexity index is 162. The molecule has 0 spiro atoms. The van der Waals surface area contributed by atoms with Gasteiger partial charge in [0.25, 0.3) is 0 Å². The van der Waals surface area contributed by atoms with E-state index in [0.717, 1.165) is 12.8 Å². The van der Waals surface area contributed by atoms with Crippen LogP contribution in [0.15, 0.2) is 0 Å². The number of hydrogen-bond acceptors (Lipinski definition) is 2. The molecule has 2 heterocycles. The second kappa shape index (κ2) is 2.46. The van der Waals surface area contributed by atoms with Crippen molar-refractivity contribution in [2.24, 2.45) is 5.92 Å². The minimum atomic E-state index is 0.0244. The van der Waals surface area contributed by atoms with Gasteiger partial charge in [-0.1, -0.05) is 13.8 Å². The monoisotopic (exact) mass is 170 g/mol. The lowest BCUT2D eigenvalue weighted by Gasteiger charge is -2.51. The maximum atomic E-state index is 5.53. The van der Waals surface area contributed by atoms with Crippen LogP contribution in [-0.2, 0) is 9.78 Å². The van der Waals surface area contributed by atoms with Gasteiger partial charge in [0.2, 0.25) is 0 Å². The summed E-state index contributed by atoms with van der Waals surface area (Å²) < 4.78 is 0. The Morgan fingerprint density at radius 3 is 1.92 bits per heavy atom. The maximum Gasteiger partial charge on any atom is 0.106 e. The molecule has 0 amide bonds. The molecule has 2 nitrogen and oxygen atoms in total. The zero-order valence-electron chi connectivity index (χ0n) is 8.22. The first-order chi connectivity index (χ1) is 5.56. The maximum absolute atomic E-state index is 5.53. The molecule has 12 heavy (non-hydrogen) atoms. The summed E-state index contributed by atoms with van der Waals surface area (Å²) >= 11 is 0. The summed E-state index contributed by atoms with van der Waals surface area (Å²) in [7, 11) is 0. The van der Waals surface area contributed by atoms with Gasteiger partial charge in [-0.3, -0.25) is 0 Å². The summed E-state index contributed by atoms with van der Waals surface area (Å²) in [5.41, 5.74) is 0.0639. The molecule has 0 aromatic carbocycles. The highest BCUT2D eigenvalue weighted by Crippen LogP contribution is 2.48. The van der Waals surface area contributed by atoms with Crippen LogP contribution in [-0.4, -0.2) is 11.2 Å². The van der Waals surface area contributed by atoms with E-state index in [-0.39, 0.29) is 11.2 Å². The predicted molar refractivity (Wildman–Crippen MR) is 46.6 cm³/mol. The molecule has 2 heteroatoms. The highest BCUT2D eigenvalue weighted by Gasteiger charge is 2.50. The van der Waals surface area contributed by atoms with Crippen molar-refractivity contribution in [2.75, 3.05) is 0 Å². The van der Waals surface area contributed by atoms with Crippen molar-refractivity contribution >= 4 is 0 Å². The minimum Gasteiger partial charge on any atom is -0.230 e. The van der Waals surface area contributed by atoms with E-state index in [1.54, 1.807) is 0 Å². The topological polar surface area (TPSA) is 18.5 Å². The molecule has 3 fully saturated rings. The normalized spacial score (nSPS) is 47.0. The summed E-state index contributed by atoms with van der Waals surface area (Å²) in [5.74, 6) is 0.572. The van der Waals surface area contributed by atoms with Crippen LogP contribution in [0.1, 0.15) is 46.5 Å². The Kier molecular flexibility index (Phi) is 1.74. The second-order valence-corrected chi connectivity index (χ2v) is 4.84. The molecular weight excluding hydrogens is 152 g/mol. The fraction of sp³-hybridized carbons (Fsp3) is 1.00. The van der Waals surface area contributed by atoms with Crippen LogP contribution in [0.5, 0.6) is 0 Å². The molecule has 0 radical (unpaired) electrons. The average Bonchev–Trinajstić information content (AvgIpc) is 2.06. The Morgan fingerprint density at radius 2 is 1.58 bits per heavy atom. The fourth-order valence-corrected chi connectivity index (χ4v) is 2.23. The zero-order valence-corrected chi connectivity index (χ0v) is 8.22. The van der Waals surface area contributed by atoms with Crippen LogP contribution in [0.2, 0.25) is 0 Å². The fourth-order valence-electron chi connectivity index (χ4n) is 2.23. The highest BCUT2D eigenvalue weighted by molar-refractivity contribution is 4.96. The van der Waals surface area contributed by atoms with Gasteiger partial charge >= 0.3 is 0 Å². The van der Waals surface area contributed by atoms with E-state index in [1.165, 1.54) is 12.8 Å². The molecule has 3 aliphatic rings. The van der Waals surface area contributed by atoms with Crippen molar-refractivity contribution in [3.05, 3.63) is 0 Å². The van der Waals surface area contributed by atoms with E-state index in [9.17, 15) is 0 Å². The lowest BCUT2D eigenvalue weighted by Crippen LogP contribution is -2.54. The molecule has 1 saturated carbocycles. The van der Waals surface area contributed by atoms with Crippen LogP contribution < -0.4 is 0 Å². The molecule has 0 N–H and O–H groups in total. The Balaban J connectivity index is 2.14. The van der Waals surface area contributed by atoms with Crippen LogP contribution in [0.4, 0.5) is 0 Å². The van der Waals surface area contributed by atoms with E-state index in [4.69, 9.17) is 9.78 Å². The molecule has 3 rings (SSSR count). The molecule has 2 aliphatic heterocycles. The molecule has 2 bridgehead atoms. The van der Waals surface area contributed by atoms with Crippen molar-refractivity contribution < 1.29 is 9.78 Å². The third-order valence-electron chi connectivity index (χ3n) is 3.62. The van der Waals surface area contributed by atoms with Gasteiger partial charge in [-0.2, -0.15) is 0 Å². The second-order valence-electron chi connectivity index (χ2n) is 4.84. The van der Waals surface area contributed by atoms with Crippen molar-refractivity contribution in [3.8, 4) is 0 Å². The van der Waals surface area contributed by atoms with Gasteiger partial charge < -0.3 is 0 Å². The quantitative estimate of drug-likeness (QED) is 0.563. The third-order valence-corrected chi connectivity index (χ3v) is 3.62. The summed E-state index contributed by atoms with van der Waals surface area (Å²) in [6, 6.07) is 0. The van der Waals surface area contributed by atoms with E-state index in [0.29, 0.717) is 5.92 Å². The molecule has 0 aromatic rings. The number of fused-ring (bicyclic) bond motifs is 3. The lowest BCUT2D eigenvalue weighted by atomic mass is 9.71. The van der Waals surface area contributed by atoms with Crippen LogP contribution >= 0.6 is 0 Å². The molecule has 0 atom stereocenters. The number of hydrogen-bond donors (Lipinski definition) is 0. The Hall–Kier alpha value is -0.0800. The number of rotatable bonds is 1. The van der Waals surface area contributed by atoms with E-state index in [1.807, 2.05) is 0 Å². The first kappa shape index (κ1) is 8.52. The van der Waals surface area contributed by atoms with Gasteiger partial charge in [-0.25, -0.2) is 9.78 Å². The summed E-state index contributed by atoms with van der Waals surface area (Å²) in [4.78, 5) is 11.0. The van der Waals surface area contributed by atoms with Gasteiger partial charge in [-0.05, 0) is 38.5 Å². The van der Waals surface area contributed by atoms with Gasteiger partial charge in [0.05, 0.1) is 0 Å². The molecule has 0 unspecified atom stereocenters. The smallest absolute Gasteiger partial charge is 0.106 e. The Morgan fingerprint density at radius 1 is 1.00 bits per heavy atom. The average molecular weight is 170 g/mol. The van der Waals surface area contributed by atoms with Crippen molar-refractivity contribution in [1.82, 2.24) is 0 Å². The van der Waals surface area contributed by atoms with E-state index >= 15 is 0 Å². The molecule has 2 saturated heterocycles. The van der Waals surface area contributed by atoms with Gasteiger partial charge in [0.15, 0.2) is 0 Å². The van der Waals surface area contributed by atoms with Crippen LogP contribution in [0.3, 0.4) is 0 Å². The van der Waals surface area contributed by atoms with Crippen LogP contribution in [0.25, 0.3) is 0 Å². The van der Waals surface area contributed by atoms with Crippen molar-refractivity contribution in [1.29, 1.82) is 0 Å². The first-order valence-electron chi connectivity index (χ1n) is 4.93. The van der Waals surface area contributed by atoms with Crippen LogP contribution in [0, 0.1) is 5.92 Å². The predicted octanol–water partition coefficient (Wildman–Crippen LogP) is 2.68. The lowest BCUT2D eigenvalue weighted by molar-refractivity contribution is -0.471. The van der Waals surface area contributed by atoms with Crippen molar-refractivity contribution in [3.63, 3.8) is 0 Å².